The van der Waals surface area contributed by atoms with Crippen molar-refractivity contribution in [2.75, 3.05) is 0 Å². The van der Waals surface area contributed by atoms with Gasteiger partial charge in [-0.15, -0.1) is 0 Å². The van der Waals surface area contributed by atoms with Crippen LogP contribution in [-0.4, -0.2) is 6.04 Å². The molecule has 1 nitrogen and oxygen atoms in total. The van der Waals surface area contributed by atoms with Crippen molar-refractivity contribution in [3.8, 4) is 0 Å². The standard InChI is InChI=1S/C17H27N/c1-12-7-6-8-15(9-12)14(3)18-16-11-17(4,5)10-13(16)2/h6-9,13-14,16,18H,10-11H2,1-5H3/t13?,14-,16?/m0/s1. The summed E-state index contributed by atoms with van der Waals surface area (Å²) in [5.41, 5.74) is 3.26. The molecule has 1 aliphatic carbocycles. The summed E-state index contributed by atoms with van der Waals surface area (Å²) in [5.74, 6) is 0.784. The first-order chi connectivity index (χ1) is 8.37. The molecule has 0 heterocycles. The van der Waals surface area contributed by atoms with E-state index >= 15 is 0 Å². The molecule has 1 aromatic carbocycles. The molecule has 0 spiro atoms. The molecule has 0 aromatic heterocycles. The molecule has 1 saturated carbocycles. The Balaban J connectivity index is 2.02. The fraction of sp³-hybridized carbons (Fsp3) is 0.647. The van der Waals surface area contributed by atoms with Crippen molar-refractivity contribution in [3.05, 3.63) is 35.4 Å². The summed E-state index contributed by atoms with van der Waals surface area (Å²) in [4.78, 5) is 0. The van der Waals surface area contributed by atoms with E-state index in [0.717, 1.165) is 5.92 Å². The van der Waals surface area contributed by atoms with Crippen LogP contribution in [0.15, 0.2) is 24.3 Å². The lowest BCUT2D eigenvalue weighted by molar-refractivity contribution is 0.356. The minimum absolute atomic E-state index is 0.450. The van der Waals surface area contributed by atoms with Crippen LogP contribution in [0.4, 0.5) is 0 Å². The van der Waals surface area contributed by atoms with E-state index in [2.05, 4.69) is 64.2 Å². The van der Waals surface area contributed by atoms with Crippen molar-refractivity contribution in [1.82, 2.24) is 5.32 Å². The lowest BCUT2D eigenvalue weighted by atomic mass is 9.91. The molecule has 0 aliphatic heterocycles. The van der Waals surface area contributed by atoms with E-state index in [1.54, 1.807) is 0 Å². The maximum atomic E-state index is 3.83. The lowest BCUT2D eigenvalue weighted by Crippen LogP contribution is -2.33. The van der Waals surface area contributed by atoms with Gasteiger partial charge in [0.25, 0.3) is 0 Å². The van der Waals surface area contributed by atoms with Crippen LogP contribution in [0, 0.1) is 18.3 Å². The van der Waals surface area contributed by atoms with Gasteiger partial charge < -0.3 is 5.32 Å². The summed E-state index contributed by atoms with van der Waals surface area (Å²) in [5, 5.41) is 3.83. The van der Waals surface area contributed by atoms with E-state index in [9.17, 15) is 0 Å². The molecule has 100 valence electrons. The normalized spacial score (nSPS) is 28.3. The zero-order valence-corrected chi connectivity index (χ0v) is 12.5. The molecular weight excluding hydrogens is 218 g/mol. The van der Waals surface area contributed by atoms with E-state index in [4.69, 9.17) is 0 Å². The minimum Gasteiger partial charge on any atom is -0.307 e. The Labute approximate surface area is 112 Å². The fourth-order valence-corrected chi connectivity index (χ4v) is 3.47. The van der Waals surface area contributed by atoms with Crippen molar-refractivity contribution in [2.24, 2.45) is 11.3 Å². The van der Waals surface area contributed by atoms with Crippen LogP contribution in [0.2, 0.25) is 0 Å². The van der Waals surface area contributed by atoms with Crippen LogP contribution >= 0.6 is 0 Å². The highest BCUT2D eigenvalue weighted by Crippen LogP contribution is 2.41. The number of rotatable bonds is 3. The number of hydrogen-bond donors (Lipinski definition) is 1. The second kappa shape index (κ2) is 5.05. The van der Waals surface area contributed by atoms with Crippen molar-refractivity contribution in [1.29, 1.82) is 0 Å². The highest BCUT2D eigenvalue weighted by Gasteiger charge is 2.36. The second-order valence-electron chi connectivity index (χ2n) is 6.96. The van der Waals surface area contributed by atoms with Crippen LogP contribution in [-0.2, 0) is 0 Å². The molecule has 18 heavy (non-hydrogen) atoms. The first-order valence-electron chi connectivity index (χ1n) is 7.20. The Morgan fingerprint density at radius 3 is 2.56 bits per heavy atom. The molecule has 1 aliphatic rings. The van der Waals surface area contributed by atoms with Crippen LogP contribution in [0.25, 0.3) is 0 Å². The summed E-state index contributed by atoms with van der Waals surface area (Å²) in [6.45, 7) is 11.6. The monoisotopic (exact) mass is 245 g/mol. The van der Waals surface area contributed by atoms with Gasteiger partial charge in [-0.3, -0.25) is 0 Å². The van der Waals surface area contributed by atoms with Gasteiger partial charge in [0.2, 0.25) is 0 Å². The summed E-state index contributed by atoms with van der Waals surface area (Å²) < 4.78 is 0. The van der Waals surface area contributed by atoms with Gasteiger partial charge in [0.05, 0.1) is 0 Å². The number of aryl methyl sites for hydroxylation is 1. The fourth-order valence-electron chi connectivity index (χ4n) is 3.47. The van der Waals surface area contributed by atoms with Gasteiger partial charge in [-0.1, -0.05) is 50.6 Å². The van der Waals surface area contributed by atoms with Gasteiger partial charge in [0, 0.05) is 12.1 Å². The Morgan fingerprint density at radius 2 is 2.00 bits per heavy atom. The van der Waals surface area contributed by atoms with Crippen LogP contribution in [0.1, 0.15) is 57.7 Å². The van der Waals surface area contributed by atoms with Gasteiger partial charge in [0.1, 0.15) is 0 Å². The van der Waals surface area contributed by atoms with Gasteiger partial charge in [-0.05, 0) is 43.6 Å². The largest absolute Gasteiger partial charge is 0.307 e. The molecule has 1 heteroatoms. The molecule has 1 N–H and O–H groups in total. The Kier molecular flexibility index (Phi) is 3.82. The van der Waals surface area contributed by atoms with Gasteiger partial charge in [0.15, 0.2) is 0 Å². The summed E-state index contributed by atoms with van der Waals surface area (Å²) in [6.07, 6.45) is 2.63. The molecule has 3 atom stereocenters. The topological polar surface area (TPSA) is 12.0 Å². The van der Waals surface area contributed by atoms with E-state index in [1.807, 2.05) is 0 Å². The highest BCUT2D eigenvalue weighted by atomic mass is 15.0. The minimum atomic E-state index is 0.450. The molecular formula is C17H27N. The highest BCUT2D eigenvalue weighted by molar-refractivity contribution is 5.24. The number of hydrogen-bond acceptors (Lipinski definition) is 1. The van der Waals surface area contributed by atoms with E-state index in [-0.39, 0.29) is 0 Å². The number of nitrogens with one attached hydrogen (secondary N) is 1. The van der Waals surface area contributed by atoms with Crippen molar-refractivity contribution in [3.63, 3.8) is 0 Å². The smallest absolute Gasteiger partial charge is 0.0294 e. The lowest BCUT2D eigenvalue weighted by Gasteiger charge is -2.24. The molecule has 1 fully saturated rings. The Bertz CT molecular complexity index is 408. The third kappa shape index (κ3) is 3.14. The average Bonchev–Trinajstić information content (AvgIpc) is 2.51. The van der Waals surface area contributed by atoms with Crippen molar-refractivity contribution in [2.45, 2.75) is 59.5 Å². The van der Waals surface area contributed by atoms with E-state index in [1.165, 1.54) is 24.0 Å². The van der Waals surface area contributed by atoms with Crippen LogP contribution < -0.4 is 5.32 Å². The molecule has 0 saturated heterocycles. The first kappa shape index (κ1) is 13.6. The maximum Gasteiger partial charge on any atom is 0.0294 e. The zero-order chi connectivity index (χ0) is 13.3. The molecule has 0 amide bonds. The average molecular weight is 245 g/mol. The first-order valence-corrected chi connectivity index (χ1v) is 7.20. The Hall–Kier alpha value is -0.820. The molecule has 0 bridgehead atoms. The van der Waals surface area contributed by atoms with Crippen molar-refractivity contribution >= 4 is 0 Å². The molecule has 1 aromatic rings. The summed E-state index contributed by atoms with van der Waals surface area (Å²) in [6, 6.07) is 9.96. The van der Waals surface area contributed by atoms with E-state index < -0.39 is 0 Å². The zero-order valence-electron chi connectivity index (χ0n) is 12.5. The van der Waals surface area contributed by atoms with Crippen LogP contribution in [0.5, 0.6) is 0 Å². The number of benzene rings is 1. The van der Waals surface area contributed by atoms with E-state index in [0.29, 0.717) is 17.5 Å². The second-order valence-corrected chi connectivity index (χ2v) is 6.96. The molecule has 0 radical (unpaired) electrons. The van der Waals surface area contributed by atoms with Gasteiger partial charge in [-0.2, -0.15) is 0 Å². The third-order valence-electron chi connectivity index (χ3n) is 4.34. The SMILES string of the molecule is Cc1cccc([C@H](C)NC2CC(C)(C)CC2C)c1. The summed E-state index contributed by atoms with van der Waals surface area (Å²) in [7, 11) is 0. The molecule has 2 rings (SSSR count). The van der Waals surface area contributed by atoms with Gasteiger partial charge >= 0.3 is 0 Å². The van der Waals surface area contributed by atoms with Crippen molar-refractivity contribution < 1.29 is 0 Å². The van der Waals surface area contributed by atoms with Crippen LogP contribution in [0.3, 0.4) is 0 Å². The van der Waals surface area contributed by atoms with Gasteiger partial charge in [-0.25, -0.2) is 0 Å². The summed E-state index contributed by atoms with van der Waals surface area (Å²) >= 11 is 0. The Morgan fingerprint density at radius 1 is 1.28 bits per heavy atom. The maximum absolute atomic E-state index is 3.83. The molecule has 2 unspecified atom stereocenters. The predicted molar refractivity (Wildman–Crippen MR) is 78.7 cm³/mol. The predicted octanol–water partition coefficient (Wildman–Crippen LogP) is 4.47. The third-order valence-corrected chi connectivity index (χ3v) is 4.34. The quantitative estimate of drug-likeness (QED) is 0.828.